The van der Waals surface area contributed by atoms with Crippen molar-refractivity contribution in [1.29, 1.82) is 0 Å². The van der Waals surface area contributed by atoms with Crippen LogP contribution in [0.5, 0.6) is 5.75 Å². The van der Waals surface area contributed by atoms with Gasteiger partial charge in [-0.1, -0.05) is 13.0 Å². The molecule has 0 N–H and O–H groups in total. The van der Waals surface area contributed by atoms with Gasteiger partial charge < -0.3 is 9.64 Å². The predicted molar refractivity (Wildman–Crippen MR) is 92.4 cm³/mol. The van der Waals surface area contributed by atoms with Crippen LogP contribution < -0.4 is 4.74 Å². The zero-order chi connectivity index (χ0) is 18.6. The SMILES string of the molecule is CCCN(C(=O)COc1ccc(C)cc1[N+](=O)[O-])[C@H]1CCS(=O)(=O)C1. The average molecular weight is 370 g/mol. The van der Waals surface area contributed by atoms with Gasteiger partial charge in [0.25, 0.3) is 5.91 Å². The zero-order valence-electron chi connectivity index (χ0n) is 14.3. The fraction of sp³-hybridized carbons (Fsp3) is 0.562. The van der Waals surface area contributed by atoms with Gasteiger partial charge in [0, 0.05) is 18.7 Å². The lowest BCUT2D eigenvalue weighted by molar-refractivity contribution is -0.385. The maximum atomic E-state index is 12.5. The number of nitro groups is 1. The maximum Gasteiger partial charge on any atom is 0.311 e. The Morgan fingerprint density at radius 1 is 1.44 bits per heavy atom. The van der Waals surface area contributed by atoms with Crippen LogP contribution in [-0.2, 0) is 14.6 Å². The summed E-state index contributed by atoms with van der Waals surface area (Å²) in [6, 6.07) is 4.16. The number of benzene rings is 1. The van der Waals surface area contributed by atoms with Gasteiger partial charge in [0.2, 0.25) is 0 Å². The fourth-order valence-corrected chi connectivity index (χ4v) is 4.62. The van der Waals surface area contributed by atoms with E-state index in [4.69, 9.17) is 4.74 Å². The van der Waals surface area contributed by atoms with Crippen LogP contribution in [0.1, 0.15) is 25.3 Å². The average Bonchev–Trinajstić information content (AvgIpc) is 2.90. The summed E-state index contributed by atoms with van der Waals surface area (Å²) in [6.07, 6.45) is 1.10. The summed E-state index contributed by atoms with van der Waals surface area (Å²) >= 11 is 0. The molecule has 138 valence electrons. The first-order valence-electron chi connectivity index (χ1n) is 8.11. The van der Waals surface area contributed by atoms with Gasteiger partial charge >= 0.3 is 5.69 Å². The van der Waals surface area contributed by atoms with Crippen LogP contribution in [0.4, 0.5) is 5.69 Å². The number of rotatable bonds is 7. The van der Waals surface area contributed by atoms with Crippen LogP contribution in [0.25, 0.3) is 0 Å². The van der Waals surface area contributed by atoms with Gasteiger partial charge in [-0.3, -0.25) is 14.9 Å². The van der Waals surface area contributed by atoms with Gasteiger partial charge in [-0.15, -0.1) is 0 Å². The highest BCUT2D eigenvalue weighted by Gasteiger charge is 2.34. The van der Waals surface area contributed by atoms with E-state index >= 15 is 0 Å². The maximum absolute atomic E-state index is 12.5. The van der Waals surface area contributed by atoms with Crippen LogP contribution in [0.3, 0.4) is 0 Å². The van der Waals surface area contributed by atoms with E-state index in [2.05, 4.69) is 0 Å². The van der Waals surface area contributed by atoms with E-state index in [9.17, 15) is 23.3 Å². The first-order valence-corrected chi connectivity index (χ1v) is 9.93. The number of carbonyl (C=O) groups excluding carboxylic acids is 1. The summed E-state index contributed by atoms with van der Waals surface area (Å²) in [5.74, 6) is -0.294. The molecular weight excluding hydrogens is 348 g/mol. The molecule has 0 radical (unpaired) electrons. The zero-order valence-corrected chi connectivity index (χ0v) is 15.1. The number of ether oxygens (including phenoxy) is 1. The second-order valence-corrected chi connectivity index (χ2v) is 8.39. The number of nitro benzene ring substituents is 1. The lowest BCUT2D eigenvalue weighted by Gasteiger charge is -2.27. The third-order valence-electron chi connectivity index (χ3n) is 4.10. The largest absolute Gasteiger partial charge is 0.477 e. The van der Waals surface area contributed by atoms with Gasteiger partial charge in [0.15, 0.2) is 22.2 Å². The predicted octanol–water partition coefficient (Wildman–Crippen LogP) is 1.71. The Morgan fingerprint density at radius 3 is 2.72 bits per heavy atom. The molecule has 1 heterocycles. The molecule has 1 aliphatic heterocycles. The molecule has 9 heteroatoms. The molecule has 2 rings (SSSR count). The lowest BCUT2D eigenvalue weighted by atomic mass is 10.2. The normalized spacial score (nSPS) is 18.7. The molecule has 1 aromatic carbocycles. The fourth-order valence-electron chi connectivity index (χ4n) is 2.89. The smallest absolute Gasteiger partial charge is 0.311 e. The summed E-state index contributed by atoms with van der Waals surface area (Å²) in [4.78, 5) is 24.6. The first kappa shape index (κ1) is 19.2. The van der Waals surface area contributed by atoms with Crippen molar-refractivity contribution in [3.63, 3.8) is 0 Å². The molecule has 1 saturated heterocycles. The number of sulfone groups is 1. The molecular formula is C16H22N2O6S. The number of hydrogen-bond donors (Lipinski definition) is 0. The Bertz CT molecular complexity index is 762. The third-order valence-corrected chi connectivity index (χ3v) is 5.85. The molecule has 0 bridgehead atoms. The van der Waals surface area contributed by atoms with Crippen molar-refractivity contribution in [3.8, 4) is 5.75 Å². The molecule has 0 unspecified atom stereocenters. The van der Waals surface area contributed by atoms with E-state index < -0.39 is 14.8 Å². The van der Waals surface area contributed by atoms with Gasteiger partial charge in [0.05, 0.1) is 16.4 Å². The van der Waals surface area contributed by atoms with Gasteiger partial charge in [-0.2, -0.15) is 0 Å². The van der Waals surface area contributed by atoms with Crippen molar-refractivity contribution < 1.29 is 22.9 Å². The van der Waals surface area contributed by atoms with E-state index in [0.29, 0.717) is 24.9 Å². The summed E-state index contributed by atoms with van der Waals surface area (Å²) in [7, 11) is -3.11. The van der Waals surface area contributed by atoms with Crippen molar-refractivity contribution in [1.82, 2.24) is 4.90 Å². The Kier molecular flexibility index (Phi) is 5.99. The number of amides is 1. The standard InChI is InChI=1S/C16H22N2O6S/c1-3-7-17(13-6-8-25(22,23)11-13)16(19)10-24-15-5-4-12(2)9-14(15)18(20)21/h4-5,9,13H,3,6-8,10-11H2,1-2H3/t13-/m0/s1. The highest BCUT2D eigenvalue weighted by atomic mass is 32.2. The molecule has 25 heavy (non-hydrogen) atoms. The van der Waals surface area contributed by atoms with Crippen molar-refractivity contribution in [2.45, 2.75) is 32.7 Å². The Labute approximate surface area is 146 Å². The Hall–Kier alpha value is -2.16. The van der Waals surface area contributed by atoms with Gasteiger partial charge in [0.1, 0.15) is 0 Å². The molecule has 0 spiro atoms. The van der Waals surface area contributed by atoms with Crippen LogP contribution in [-0.4, -0.2) is 54.8 Å². The molecule has 0 aliphatic carbocycles. The van der Waals surface area contributed by atoms with E-state index in [1.165, 1.54) is 17.0 Å². The molecule has 0 saturated carbocycles. The molecule has 8 nitrogen and oxygen atoms in total. The van der Waals surface area contributed by atoms with Crippen LogP contribution in [0.2, 0.25) is 0 Å². The van der Waals surface area contributed by atoms with Gasteiger partial charge in [-0.25, -0.2) is 8.42 Å². The highest BCUT2D eigenvalue weighted by Crippen LogP contribution is 2.28. The number of aryl methyl sites for hydroxylation is 1. The van der Waals surface area contributed by atoms with Crippen molar-refractivity contribution in [2.75, 3.05) is 24.7 Å². The van der Waals surface area contributed by atoms with Crippen molar-refractivity contribution in [3.05, 3.63) is 33.9 Å². The van der Waals surface area contributed by atoms with E-state index in [-0.39, 0.29) is 41.5 Å². The first-order chi connectivity index (χ1) is 11.7. The van der Waals surface area contributed by atoms with E-state index in [1.54, 1.807) is 13.0 Å². The Morgan fingerprint density at radius 2 is 2.16 bits per heavy atom. The molecule has 1 atom stereocenters. The quantitative estimate of drug-likeness (QED) is 0.534. The second-order valence-electron chi connectivity index (χ2n) is 6.16. The van der Waals surface area contributed by atoms with Crippen molar-refractivity contribution in [2.24, 2.45) is 0 Å². The number of nitrogens with zero attached hydrogens (tertiary/aromatic N) is 2. The highest BCUT2D eigenvalue weighted by molar-refractivity contribution is 7.91. The number of hydrogen-bond acceptors (Lipinski definition) is 6. The lowest BCUT2D eigenvalue weighted by Crippen LogP contribution is -2.44. The van der Waals surface area contributed by atoms with Crippen LogP contribution in [0.15, 0.2) is 18.2 Å². The molecule has 1 aliphatic rings. The number of carbonyl (C=O) groups is 1. The second kappa shape index (κ2) is 7.81. The minimum atomic E-state index is -3.11. The molecule has 0 aromatic heterocycles. The Balaban J connectivity index is 2.08. The van der Waals surface area contributed by atoms with Crippen LogP contribution in [0, 0.1) is 17.0 Å². The third kappa shape index (κ3) is 4.91. The minimum Gasteiger partial charge on any atom is -0.477 e. The van der Waals surface area contributed by atoms with Crippen LogP contribution >= 0.6 is 0 Å². The summed E-state index contributed by atoms with van der Waals surface area (Å²) in [5, 5.41) is 11.1. The summed E-state index contributed by atoms with van der Waals surface area (Å²) in [6.45, 7) is 3.69. The molecule has 1 amide bonds. The van der Waals surface area contributed by atoms with Crippen molar-refractivity contribution >= 4 is 21.4 Å². The molecule has 1 aromatic rings. The van der Waals surface area contributed by atoms with E-state index in [0.717, 1.165) is 0 Å². The van der Waals surface area contributed by atoms with E-state index in [1.807, 2.05) is 6.92 Å². The summed E-state index contributed by atoms with van der Waals surface area (Å²) < 4.78 is 28.7. The molecule has 1 fully saturated rings. The minimum absolute atomic E-state index is 0.0273. The summed E-state index contributed by atoms with van der Waals surface area (Å²) in [5.41, 5.74) is 0.521. The monoisotopic (exact) mass is 370 g/mol. The topological polar surface area (TPSA) is 107 Å². The van der Waals surface area contributed by atoms with Gasteiger partial charge in [-0.05, 0) is 31.4 Å².